The SMILES string of the molecule is Cc1c(NC(c2ncc(-c3ccccc3)o2)[C@H](C)O)ccc(C#N)c1I. The summed E-state index contributed by atoms with van der Waals surface area (Å²) in [6.45, 7) is 3.63. The summed E-state index contributed by atoms with van der Waals surface area (Å²) in [7, 11) is 0. The number of hydrogen-bond acceptors (Lipinski definition) is 5. The third-order valence-electron chi connectivity index (χ3n) is 4.15. The summed E-state index contributed by atoms with van der Waals surface area (Å²) in [6.07, 6.45) is 0.946. The van der Waals surface area contributed by atoms with Gasteiger partial charge in [-0.1, -0.05) is 30.3 Å². The van der Waals surface area contributed by atoms with Crippen LogP contribution in [-0.2, 0) is 0 Å². The molecule has 2 N–H and O–H groups in total. The van der Waals surface area contributed by atoms with Crippen molar-refractivity contribution in [2.45, 2.75) is 26.0 Å². The van der Waals surface area contributed by atoms with Crippen molar-refractivity contribution in [1.82, 2.24) is 4.98 Å². The molecule has 3 rings (SSSR count). The minimum absolute atomic E-state index is 0.414. The fourth-order valence-electron chi connectivity index (χ4n) is 2.65. The van der Waals surface area contributed by atoms with Crippen LogP contribution in [0.25, 0.3) is 11.3 Å². The van der Waals surface area contributed by atoms with Crippen molar-refractivity contribution in [2.24, 2.45) is 0 Å². The van der Waals surface area contributed by atoms with Crippen LogP contribution in [0.15, 0.2) is 53.1 Å². The molecule has 3 aromatic rings. The predicted octanol–water partition coefficient (Wildman–Crippen LogP) is 4.66. The van der Waals surface area contributed by atoms with E-state index in [1.807, 2.05) is 43.3 Å². The molecule has 0 saturated heterocycles. The van der Waals surface area contributed by atoms with Crippen LogP contribution in [0, 0.1) is 21.8 Å². The molecule has 0 saturated carbocycles. The van der Waals surface area contributed by atoms with Crippen molar-refractivity contribution in [2.75, 3.05) is 5.32 Å². The first-order valence-electron chi connectivity index (χ1n) is 8.16. The Hall–Kier alpha value is -2.37. The van der Waals surface area contributed by atoms with Crippen LogP contribution in [-0.4, -0.2) is 16.2 Å². The Kier molecular flexibility index (Phi) is 5.59. The quantitative estimate of drug-likeness (QED) is 0.543. The standard InChI is InChI=1S/C20H18IN3O2/c1-12-16(9-8-15(10-22)18(12)21)24-19(13(2)25)20-23-11-17(26-20)14-6-4-3-5-7-14/h3-9,11,13,19,24-25H,1-2H3/t13-,19?/m0/s1. The van der Waals surface area contributed by atoms with E-state index >= 15 is 0 Å². The Morgan fingerprint density at radius 1 is 1.23 bits per heavy atom. The van der Waals surface area contributed by atoms with Crippen LogP contribution in [0.4, 0.5) is 5.69 Å². The molecule has 0 fully saturated rings. The summed E-state index contributed by atoms with van der Waals surface area (Å²) >= 11 is 2.16. The summed E-state index contributed by atoms with van der Waals surface area (Å²) in [4.78, 5) is 4.35. The molecule has 0 aliphatic carbocycles. The van der Waals surface area contributed by atoms with Gasteiger partial charge in [0, 0.05) is 14.8 Å². The lowest BCUT2D eigenvalue weighted by atomic mass is 10.1. The molecular formula is C20H18IN3O2. The van der Waals surface area contributed by atoms with Crippen LogP contribution < -0.4 is 5.32 Å². The fraction of sp³-hybridized carbons (Fsp3) is 0.200. The highest BCUT2D eigenvalue weighted by atomic mass is 127. The molecule has 1 heterocycles. The number of aliphatic hydroxyl groups is 1. The van der Waals surface area contributed by atoms with Gasteiger partial charge in [0.2, 0.25) is 5.89 Å². The number of nitriles is 1. The van der Waals surface area contributed by atoms with Crippen LogP contribution in [0.3, 0.4) is 0 Å². The maximum Gasteiger partial charge on any atom is 0.220 e. The Morgan fingerprint density at radius 3 is 2.62 bits per heavy atom. The zero-order valence-corrected chi connectivity index (χ0v) is 16.6. The highest BCUT2D eigenvalue weighted by Gasteiger charge is 2.24. The molecule has 0 aliphatic rings. The van der Waals surface area contributed by atoms with Crippen molar-refractivity contribution in [3.63, 3.8) is 0 Å². The average molecular weight is 459 g/mol. The third-order valence-corrected chi connectivity index (χ3v) is 5.54. The van der Waals surface area contributed by atoms with Crippen molar-refractivity contribution >= 4 is 28.3 Å². The molecule has 1 unspecified atom stereocenters. The van der Waals surface area contributed by atoms with E-state index in [2.05, 4.69) is 39.0 Å². The van der Waals surface area contributed by atoms with E-state index in [1.54, 1.807) is 19.2 Å². The highest BCUT2D eigenvalue weighted by molar-refractivity contribution is 14.1. The molecule has 26 heavy (non-hydrogen) atoms. The lowest BCUT2D eigenvalue weighted by Crippen LogP contribution is -2.23. The topological polar surface area (TPSA) is 82.1 Å². The number of nitrogens with one attached hydrogen (secondary N) is 1. The van der Waals surface area contributed by atoms with Crippen molar-refractivity contribution < 1.29 is 9.52 Å². The van der Waals surface area contributed by atoms with Gasteiger partial charge in [0.05, 0.1) is 17.9 Å². The maximum atomic E-state index is 10.3. The second kappa shape index (κ2) is 7.89. The number of anilines is 1. The van der Waals surface area contributed by atoms with Gasteiger partial charge in [-0.25, -0.2) is 4.98 Å². The Labute approximate surface area is 165 Å². The highest BCUT2D eigenvalue weighted by Crippen LogP contribution is 2.30. The zero-order chi connectivity index (χ0) is 18.7. The Balaban J connectivity index is 1.91. The minimum Gasteiger partial charge on any atom is -0.438 e. The average Bonchev–Trinajstić information content (AvgIpc) is 3.13. The largest absolute Gasteiger partial charge is 0.438 e. The summed E-state index contributed by atoms with van der Waals surface area (Å²) in [5, 5.41) is 22.7. The number of aliphatic hydroxyl groups excluding tert-OH is 1. The molecule has 0 bridgehead atoms. The van der Waals surface area contributed by atoms with Crippen LogP contribution in [0.5, 0.6) is 0 Å². The monoisotopic (exact) mass is 459 g/mol. The van der Waals surface area contributed by atoms with Crippen LogP contribution in [0.2, 0.25) is 0 Å². The molecular weight excluding hydrogens is 441 g/mol. The van der Waals surface area contributed by atoms with Gasteiger partial charge in [-0.05, 0) is 54.1 Å². The van der Waals surface area contributed by atoms with Gasteiger partial charge in [0.25, 0.3) is 0 Å². The molecule has 2 aromatic carbocycles. The lowest BCUT2D eigenvalue weighted by molar-refractivity contribution is 0.160. The van der Waals surface area contributed by atoms with Crippen molar-refractivity contribution in [3.8, 4) is 17.4 Å². The van der Waals surface area contributed by atoms with Gasteiger partial charge < -0.3 is 14.8 Å². The van der Waals surface area contributed by atoms with E-state index < -0.39 is 12.1 Å². The number of aromatic nitrogens is 1. The molecule has 0 radical (unpaired) electrons. The number of halogens is 1. The zero-order valence-electron chi connectivity index (χ0n) is 14.4. The van der Waals surface area contributed by atoms with E-state index in [1.165, 1.54) is 0 Å². The van der Waals surface area contributed by atoms with E-state index in [0.717, 1.165) is 20.4 Å². The normalized spacial score (nSPS) is 13.0. The van der Waals surface area contributed by atoms with Gasteiger partial charge in [-0.2, -0.15) is 5.26 Å². The predicted molar refractivity (Wildman–Crippen MR) is 109 cm³/mol. The maximum absolute atomic E-state index is 10.3. The molecule has 5 nitrogen and oxygen atoms in total. The van der Waals surface area contributed by atoms with Crippen molar-refractivity contribution in [1.29, 1.82) is 5.26 Å². The fourth-order valence-corrected chi connectivity index (χ4v) is 3.24. The minimum atomic E-state index is -0.718. The number of rotatable bonds is 5. The van der Waals surface area contributed by atoms with Gasteiger partial charge in [0.1, 0.15) is 12.1 Å². The second-order valence-corrected chi connectivity index (χ2v) is 7.08. The molecule has 2 atom stereocenters. The van der Waals surface area contributed by atoms with Crippen molar-refractivity contribution in [3.05, 3.63) is 69.2 Å². The summed E-state index contributed by atoms with van der Waals surface area (Å²) < 4.78 is 6.78. The molecule has 0 amide bonds. The van der Waals surface area contributed by atoms with Gasteiger partial charge >= 0.3 is 0 Å². The number of oxazole rings is 1. The molecule has 0 aliphatic heterocycles. The third kappa shape index (κ3) is 3.74. The molecule has 132 valence electrons. The van der Waals surface area contributed by atoms with E-state index in [0.29, 0.717) is 17.2 Å². The number of hydrogen-bond donors (Lipinski definition) is 2. The molecule has 0 spiro atoms. The van der Waals surface area contributed by atoms with E-state index in [-0.39, 0.29) is 0 Å². The first kappa shape index (κ1) is 18.4. The van der Waals surface area contributed by atoms with Crippen LogP contribution in [0.1, 0.15) is 30.0 Å². The summed E-state index contributed by atoms with van der Waals surface area (Å²) in [5.74, 6) is 1.07. The summed E-state index contributed by atoms with van der Waals surface area (Å²) in [6, 6.07) is 15.0. The van der Waals surface area contributed by atoms with Gasteiger partial charge in [-0.3, -0.25) is 0 Å². The second-order valence-electron chi connectivity index (χ2n) is 6.00. The smallest absolute Gasteiger partial charge is 0.220 e. The number of nitrogens with zero attached hydrogens (tertiary/aromatic N) is 2. The number of benzene rings is 2. The Bertz CT molecular complexity index is 945. The van der Waals surface area contributed by atoms with Gasteiger partial charge in [0.15, 0.2) is 5.76 Å². The van der Waals surface area contributed by atoms with Crippen LogP contribution >= 0.6 is 22.6 Å². The first-order chi connectivity index (χ1) is 12.5. The molecule has 1 aromatic heterocycles. The molecule has 6 heteroatoms. The van der Waals surface area contributed by atoms with E-state index in [9.17, 15) is 5.11 Å². The van der Waals surface area contributed by atoms with E-state index in [4.69, 9.17) is 9.68 Å². The first-order valence-corrected chi connectivity index (χ1v) is 9.24. The summed E-state index contributed by atoms with van der Waals surface area (Å²) in [5.41, 5.74) is 3.34. The Morgan fingerprint density at radius 2 is 1.96 bits per heavy atom. The lowest BCUT2D eigenvalue weighted by Gasteiger charge is -2.21. The van der Waals surface area contributed by atoms with Gasteiger partial charge in [-0.15, -0.1) is 0 Å².